The molecule has 68 valence electrons. The average Bonchev–Trinajstić information content (AvgIpc) is 2.47. The molecule has 0 aliphatic carbocycles. The van der Waals surface area contributed by atoms with Gasteiger partial charge >= 0.3 is 0 Å². The van der Waals surface area contributed by atoms with Crippen LogP contribution in [0.5, 0.6) is 0 Å². The van der Waals surface area contributed by atoms with Gasteiger partial charge in [-0.25, -0.2) is 0 Å². The van der Waals surface area contributed by atoms with Gasteiger partial charge in [-0.3, -0.25) is 0 Å². The summed E-state index contributed by atoms with van der Waals surface area (Å²) in [7, 11) is 0. The van der Waals surface area contributed by atoms with E-state index >= 15 is 0 Å². The van der Waals surface area contributed by atoms with Gasteiger partial charge in [0, 0.05) is 19.0 Å². The van der Waals surface area contributed by atoms with E-state index in [1.807, 2.05) is 11.3 Å². The molecule has 0 aliphatic rings. The Kier molecular flexibility index (Phi) is 3.03. The summed E-state index contributed by atoms with van der Waals surface area (Å²) in [5, 5.41) is 1.30. The van der Waals surface area contributed by atoms with E-state index in [0.717, 1.165) is 8.95 Å². The number of halogens is 2. The molecule has 0 fully saturated rings. The first-order valence-corrected chi connectivity index (χ1v) is 7.26. The van der Waals surface area contributed by atoms with Crippen molar-refractivity contribution in [2.24, 2.45) is 0 Å². The highest BCUT2D eigenvalue weighted by atomic mass is 79.9. The van der Waals surface area contributed by atoms with E-state index in [1.54, 1.807) is 11.8 Å². The molecule has 0 spiro atoms. The van der Waals surface area contributed by atoms with E-state index in [-0.39, 0.29) is 0 Å². The van der Waals surface area contributed by atoms with Crippen LogP contribution in [0.4, 0.5) is 0 Å². The summed E-state index contributed by atoms with van der Waals surface area (Å²) in [6.45, 7) is 0. The second kappa shape index (κ2) is 3.93. The van der Waals surface area contributed by atoms with Gasteiger partial charge in [-0.2, -0.15) is 0 Å². The molecule has 4 heteroatoms. The minimum absolute atomic E-state index is 1.13. The lowest BCUT2D eigenvalue weighted by Gasteiger charge is -1.94. The van der Waals surface area contributed by atoms with Crippen LogP contribution in [0, 0.1) is 0 Å². The number of rotatable bonds is 1. The summed E-state index contributed by atoms with van der Waals surface area (Å²) < 4.78 is 4.97. The largest absolute Gasteiger partial charge is 0.129 e. The molecule has 0 unspecified atom stereocenters. The number of thiophene rings is 1. The van der Waals surface area contributed by atoms with Crippen molar-refractivity contribution in [1.29, 1.82) is 0 Å². The Hall–Kier alpha value is 0.490. The van der Waals surface area contributed by atoms with Crippen LogP contribution in [-0.2, 0) is 0 Å². The molecule has 0 bridgehead atoms. The standard InChI is InChI=1S/C9H6Br2S2/c1-12-9-4-6-7(11)2-5(10)3-8(6)13-9/h2-4H,1H3. The average molecular weight is 338 g/mol. The Morgan fingerprint density at radius 1 is 1.23 bits per heavy atom. The molecule has 0 saturated heterocycles. The molecular weight excluding hydrogens is 332 g/mol. The predicted octanol–water partition coefficient (Wildman–Crippen LogP) is 5.15. The molecule has 1 heterocycles. The zero-order chi connectivity index (χ0) is 9.42. The van der Waals surface area contributed by atoms with Crippen molar-refractivity contribution in [2.45, 2.75) is 4.21 Å². The molecule has 13 heavy (non-hydrogen) atoms. The monoisotopic (exact) mass is 336 g/mol. The summed E-state index contributed by atoms with van der Waals surface area (Å²) in [5.41, 5.74) is 0. The number of fused-ring (bicyclic) bond motifs is 1. The lowest BCUT2D eigenvalue weighted by atomic mass is 10.3. The summed E-state index contributed by atoms with van der Waals surface area (Å²) in [4.78, 5) is 0. The topological polar surface area (TPSA) is 0 Å². The van der Waals surface area contributed by atoms with Gasteiger partial charge in [-0.1, -0.05) is 31.9 Å². The Labute approximate surface area is 102 Å². The fourth-order valence-electron chi connectivity index (χ4n) is 1.14. The van der Waals surface area contributed by atoms with Crippen LogP contribution in [0.15, 0.2) is 31.4 Å². The Morgan fingerprint density at radius 3 is 2.69 bits per heavy atom. The molecule has 1 aromatic heterocycles. The maximum Gasteiger partial charge on any atom is 0.0608 e. The van der Waals surface area contributed by atoms with Gasteiger partial charge in [-0.15, -0.1) is 23.1 Å². The first-order chi connectivity index (χ1) is 6.20. The Morgan fingerprint density at radius 2 is 2.00 bits per heavy atom. The number of benzene rings is 1. The van der Waals surface area contributed by atoms with E-state index in [1.165, 1.54) is 14.3 Å². The third-order valence-corrected chi connectivity index (χ3v) is 4.99. The molecule has 2 rings (SSSR count). The van der Waals surface area contributed by atoms with Crippen molar-refractivity contribution in [3.8, 4) is 0 Å². The Balaban J connectivity index is 2.75. The Bertz CT molecular complexity index is 448. The molecule has 2 aromatic rings. The van der Waals surface area contributed by atoms with Gasteiger partial charge in [0.25, 0.3) is 0 Å². The van der Waals surface area contributed by atoms with E-state index in [2.05, 4.69) is 56.3 Å². The maximum absolute atomic E-state index is 3.56. The quantitative estimate of drug-likeness (QED) is 0.648. The first-order valence-electron chi connectivity index (χ1n) is 3.63. The minimum atomic E-state index is 1.13. The lowest BCUT2D eigenvalue weighted by Crippen LogP contribution is -1.67. The molecule has 0 radical (unpaired) electrons. The van der Waals surface area contributed by atoms with Crippen molar-refractivity contribution in [3.63, 3.8) is 0 Å². The van der Waals surface area contributed by atoms with Gasteiger partial charge in [0.2, 0.25) is 0 Å². The van der Waals surface area contributed by atoms with E-state index in [0.29, 0.717) is 0 Å². The minimum Gasteiger partial charge on any atom is -0.129 e. The highest BCUT2D eigenvalue weighted by Crippen LogP contribution is 2.37. The van der Waals surface area contributed by atoms with Crippen LogP contribution >= 0.6 is 55.0 Å². The number of hydrogen-bond acceptors (Lipinski definition) is 2. The van der Waals surface area contributed by atoms with Crippen LogP contribution in [0.25, 0.3) is 10.1 Å². The molecule has 0 saturated carbocycles. The van der Waals surface area contributed by atoms with Gasteiger partial charge < -0.3 is 0 Å². The third kappa shape index (κ3) is 1.96. The van der Waals surface area contributed by atoms with Gasteiger partial charge in [-0.05, 0) is 24.5 Å². The zero-order valence-electron chi connectivity index (χ0n) is 6.80. The lowest BCUT2D eigenvalue weighted by molar-refractivity contribution is 1.69. The smallest absolute Gasteiger partial charge is 0.0608 e. The highest BCUT2D eigenvalue weighted by molar-refractivity contribution is 9.11. The third-order valence-electron chi connectivity index (χ3n) is 1.73. The van der Waals surface area contributed by atoms with Gasteiger partial charge in [0.05, 0.1) is 4.21 Å². The zero-order valence-corrected chi connectivity index (χ0v) is 11.6. The molecule has 0 atom stereocenters. The summed E-state index contributed by atoms with van der Waals surface area (Å²) in [6, 6.07) is 6.46. The summed E-state index contributed by atoms with van der Waals surface area (Å²) >= 11 is 10.7. The normalized spacial score (nSPS) is 11.0. The summed E-state index contributed by atoms with van der Waals surface area (Å²) in [6.07, 6.45) is 2.10. The van der Waals surface area contributed by atoms with Crippen molar-refractivity contribution in [2.75, 3.05) is 6.26 Å². The molecule has 0 nitrogen and oxygen atoms in total. The number of hydrogen-bond donors (Lipinski definition) is 0. The number of thioether (sulfide) groups is 1. The van der Waals surface area contributed by atoms with Gasteiger partial charge in [0.15, 0.2) is 0 Å². The maximum atomic E-state index is 3.56. The van der Waals surface area contributed by atoms with E-state index in [4.69, 9.17) is 0 Å². The fraction of sp³-hybridized carbons (Fsp3) is 0.111. The van der Waals surface area contributed by atoms with E-state index in [9.17, 15) is 0 Å². The predicted molar refractivity (Wildman–Crippen MR) is 69.0 cm³/mol. The summed E-state index contributed by atoms with van der Waals surface area (Å²) in [5.74, 6) is 0. The van der Waals surface area contributed by atoms with Crippen LogP contribution in [0.1, 0.15) is 0 Å². The molecule has 0 amide bonds. The van der Waals surface area contributed by atoms with Gasteiger partial charge in [0.1, 0.15) is 0 Å². The molecule has 0 aliphatic heterocycles. The highest BCUT2D eigenvalue weighted by Gasteiger charge is 2.05. The SMILES string of the molecule is CSc1cc2c(Br)cc(Br)cc2s1. The second-order valence-electron chi connectivity index (χ2n) is 2.57. The van der Waals surface area contributed by atoms with Crippen molar-refractivity contribution in [1.82, 2.24) is 0 Å². The van der Waals surface area contributed by atoms with Crippen molar-refractivity contribution >= 4 is 65.0 Å². The first kappa shape index (κ1) is 10.0. The fourth-order valence-corrected chi connectivity index (χ4v) is 4.46. The molecule has 1 aromatic carbocycles. The van der Waals surface area contributed by atoms with Crippen LogP contribution in [0.3, 0.4) is 0 Å². The molecular formula is C9H6Br2S2. The van der Waals surface area contributed by atoms with Crippen LogP contribution in [0.2, 0.25) is 0 Å². The van der Waals surface area contributed by atoms with Crippen molar-refractivity contribution < 1.29 is 0 Å². The second-order valence-corrected chi connectivity index (χ2v) is 6.53. The van der Waals surface area contributed by atoms with E-state index < -0.39 is 0 Å². The van der Waals surface area contributed by atoms with Crippen LogP contribution in [-0.4, -0.2) is 6.26 Å². The van der Waals surface area contributed by atoms with Crippen molar-refractivity contribution in [3.05, 3.63) is 27.1 Å². The molecule has 0 N–H and O–H groups in total. The van der Waals surface area contributed by atoms with Crippen LogP contribution < -0.4 is 0 Å².